The molecule has 0 aliphatic carbocycles. The van der Waals surface area contributed by atoms with Crippen LogP contribution in [0.5, 0.6) is 0 Å². The molecule has 2 rings (SSSR count). The second-order valence-corrected chi connectivity index (χ2v) is 4.90. The number of rotatable bonds is 4. The normalized spacial score (nSPS) is 9.62. The summed E-state index contributed by atoms with van der Waals surface area (Å²) in [5, 5.41) is 2.79. The van der Waals surface area contributed by atoms with Gasteiger partial charge < -0.3 is 11.1 Å². The van der Waals surface area contributed by atoms with E-state index in [-0.39, 0.29) is 24.9 Å². The monoisotopic (exact) mass is 320 g/mol. The number of hydrogen-bond acceptors (Lipinski definition) is 3. The summed E-state index contributed by atoms with van der Waals surface area (Å²) < 4.78 is 0. The van der Waals surface area contributed by atoms with Gasteiger partial charge in [0.2, 0.25) is 5.91 Å². The topological polar surface area (TPSA) is 55.1 Å². The van der Waals surface area contributed by atoms with Gasteiger partial charge in [-0.2, -0.15) is 0 Å². The van der Waals surface area contributed by atoms with E-state index in [1.807, 2.05) is 55.5 Å². The number of carbonyl (C=O) groups is 1. The van der Waals surface area contributed by atoms with Crippen LogP contribution in [0.2, 0.25) is 0 Å². The van der Waals surface area contributed by atoms with Crippen molar-refractivity contribution in [2.45, 2.75) is 6.92 Å². The van der Waals surface area contributed by atoms with Crippen LogP contribution in [-0.2, 0) is 4.79 Å². The molecule has 21 heavy (non-hydrogen) atoms. The molecule has 2 aromatic rings. The van der Waals surface area contributed by atoms with E-state index in [0.29, 0.717) is 10.6 Å². The van der Waals surface area contributed by atoms with Crippen LogP contribution in [0.25, 0.3) is 0 Å². The van der Waals surface area contributed by atoms with Gasteiger partial charge in [0.25, 0.3) is 0 Å². The Kier molecular flexibility index (Phi) is 6.49. The smallest absolute Gasteiger partial charge is 0.238 e. The summed E-state index contributed by atoms with van der Waals surface area (Å²) in [4.78, 5) is 12.2. The predicted octanol–water partition coefficient (Wildman–Crippen LogP) is 3.08. The number of amides is 1. The Morgan fingerprint density at radius 1 is 1.19 bits per heavy atom. The third-order valence-corrected chi connectivity index (χ3v) is 3.37. The van der Waals surface area contributed by atoms with E-state index in [9.17, 15) is 4.79 Å². The minimum Gasteiger partial charge on any atom is -0.324 e. The molecule has 0 bridgehead atoms. The van der Waals surface area contributed by atoms with Gasteiger partial charge in [-0.25, -0.2) is 0 Å². The van der Waals surface area contributed by atoms with Gasteiger partial charge in [-0.15, -0.1) is 12.4 Å². The van der Waals surface area contributed by atoms with Gasteiger partial charge in [-0.3, -0.25) is 4.79 Å². The van der Waals surface area contributed by atoms with Gasteiger partial charge in [0, 0.05) is 11.3 Å². The molecule has 5 heteroatoms. The quantitative estimate of drug-likeness (QED) is 0.672. The Bertz CT molecular complexity index is 644. The Balaban J connectivity index is 0.00000220. The highest BCUT2D eigenvalue weighted by Gasteiger charge is 2.11. The van der Waals surface area contributed by atoms with E-state index in [1.165, 1.54) is 0 Å². The first-order valence-electron chi connectivity index (χ1n) is 6.32. The molecule has 3 nitrogen and oxygen atoms in total. The second-order valence-electron chi connectivity index (χ2n) is 4.50. The summed E-state index contributed by atoms with van der Waals surface area (Å²) in [5.41, 5.74) is 8.92. The number of nitrogens with two attached hydrogens (primary N) is 1. The van der Waals surface area contributed by atoms with Crippen molar-refractivity contribution in [2.24, 2.45) is 5.73 Å². The second kappa shape index (κ2) is 7.88. The van der Waals surface area contributed by atoms with Gasteiger partial charge in [0.05, 0.1) is 11.4 Å². The maximum absolute atomic E-state index is 11.5. The van der Waals surface area contributed by atoms with Gasteiger partial charge >= 0.3 is 0 Å². The Labute approximate surface area is 136 Å². The molecular formula is C16H17ClN2OS. The van der Waals surface area contributed by atoms with Gasteiger partial charge in [0.1, 0.15) is 0 Å². The summed E-state index contributed by atoms with van der Waals surface area (Å²) in [6.45, 7) is 1.94. The molecule has 3 N–H and O–H groups in total. The molecule has 0 unspecified atom stereocenters. The zero-order chi connectivity index (χ0) is 14.5. The number of nitrogens with one attached hydrogen (secondary N) is 1. The standard InChI is InChI=1S/C16H16N2OS.ClH/c1-11-7-8-14(18-15(19)10-17)13(9-11)16(20)12-5-3-2-4-6-12;/h2-9H,10,17H2,1H3,(H,18,19);1H. The zero-order valence-corrected chi connectivity index (χ0v) is 13.3. The summed E-state index contributed by atoms with van der Waals surface area (Å²) in [7, 11) is 0. The SMILES string of the molecule is Cc1ccc(NC(=O)CN)c(C(=S)c2ccccc2)c1.Cl. The first kappa shape index (κ1) is 17.3. The van der Waals surface area contributed by atoms with Crippen molar-refractivity contribution < 1.29 is 4.79 Å². The van der Waals surface area contributed by atoms with Crippen LogP contribution >= 0.6 is 24.6 Å². The van der Waals surface area contributed by atoms with Crippen LogP contribution in [0.4, 0.5) is 5.69 Å². The van der Waals surface area contributed by atoms with E-state index in [2.05, 4.69) is 5.32 Å². The number of hydrogen-bond donors (Lipinski definition) is 2. The largest absolute Gasteiger partial charge is 0.324 e. The lowest BCUT2D eigenvalue weighted by molar-refractivity contribution is -0.114. The first-order chi connectivity index (χ1) is 9.61. The zero-order valence-electron chi connectivity index (χ0n) is 11.6. The summed E-state index contributed by atoms with van der Waals surface area (Å²) in [6, 6.07) is 15.5. The Hall–Kier alpha value is -1.75. The van der Waals surface area contributed by atoms with Crippen LogP contribution in [0.3, 0.4) is 0 Å². The predicted molar refractivity (Wildman–Crippen MR) is 93.4 cm³/mol. The van der Waals surface area contributed by atoms with Crippen molar-refractivity contribution in [1.29, 1.82) is 0 Å². The van der Waals surface area contributed by atoms with Crippen molar-refractivity contribution in [3.05, 3.63) is 65.2 Å². The molecule has 0 radical (unpaired) electrons. The molecule has 0 heterocycles. The molecule has 110 valence electrons. The van der Waals surface area contributed by atoms with Gasteiger partial charge in [-0.05, 0) is 24.6 Å². The van der Waals surface area contributed by atoms with Crippen LogP contribution in [0, 0.1) is 6.92 Å². The van der Waals surface area contributed by atoms with Gasteiger partial charge in [0.15, 0.2) is 0 Å². The van der Waals surface area contributed by atoms with E-state index >= 15 is 0 Å². The number of halogens is 1. The molecule has 2 aromatic carbocycles. The molecule has 0 saturated heterocycles. The van der Waals surface area contributed by atoms with E-state index in [0.717, 1.165) is 16.7 Å². The molecular weight excluding hydrogens is 304 g/mol. The fraction of sp³-hybridized carbons (Fsp3) is 0.125. The molecule has 0 aliphatic heterocycles. The van der Waals surface area contributed by atoms with Crippen molar-refractivity contribution in [1.82, 2.24) is 0 Å². The van der Waals surface area contributed by atoms with Crippen molar-refractivity contribution in [3.63, 3.8) is 0 Å². The third-order valence-electron chi connectivity index (χ3n) is 2.92. The lowest BCUT2D eigenvalue weighted by Gasteiger charge is -2.13. The van der Waals surface area contributed by atoms with E-state index < -0.39 is 0 Å². The molecule has 0 saturated carbocycles. The maximum atomic E-state index is 11.5. The highest BCUT2D eigenvalue weighted by molar-refractivity contribution is 7.81. The number of benzene rings is 2. The average molecular weight is 321 g/mol. The van der Waals surface area contributed by atoms with Crippen molar-refractivity contribution in [3.8, 4) is 0 Å². The maximum Gasteiger partial charge on any atom is 0.238 e. The van der Waals surface area contributed by atoms with E-state index in [1.54, 1.807) is 0 Å². The van der Waals surface area contributed by atoms with Crippen LogP contribution < -0.4 is 11.1 Å². The summed E-state index contributed by atoms with van der Waals surface area (Å²) in [5.74, 6) is -0.231. The highest BCUT2D eigenvalue weighted by Crippen LogP contribution is 2.22. The third kappa shape index (κ3) is 4.36. The Morgan fingerprint density at radius 2 is 1.86 bits per heavy atom. The average Bonchev–Trinajstić information content (AvgIpc) is 2.49. The number of carbonyl (C=O) groups excluding carboxylic acids is 1. The minimum atomic E-state index is -0.231. The molecule has 0 atom stereocenters. The van der Waals surface area contributed by atoms with Crippen LogP contribution in [0.15, 0.2) is 48.5 Å². The fourth-order valence-electron chi connectivity index (χ4n) is 1.90. The number of thiocarbonyl (C=S) groups is 1. The van der Waals surface area contributed by atoms with Crippen LogP contribution in [0.1, 0.15) is 16.7 Å². The highest BCUT2D eigenvalue weighted by atomic mass is 35.5. The molecule has 0 aromatic heterocycles. The summed E-state index contributed by atoms with van der Waals surface area (Å²) in [6.07, 6.45) is 0. The van der Waals surface area contributed by atoms with Crippen molar-refractivity contribution >= 4 is 41.1 Å². The van der Waals surface area contributed by atoms with Crippen LogP contribution in [-0.4, -0.2) is 17.3 Å². The van der Waals surface area contributed by atoms with Crippen molar-refractivity contribution in [2.75, 3.05) is 11.9 Å². The molecule has 0 fully saturated rings. The fourth-order valence-corrected chi connectivity index (χ4v) is 2.21. The minimum absolute atomic E-state index is 0. The molecule has 0 spiro atoms. The number of aryl methyl sites for hydroxylation is 1. The Morgan fingerprint density at radius 3 is 2.48 bits per heavy atom. The lowest BCUT2D eigenvalue weighted by Crippen LogP contribution is -2.23. The first-order valence-corrected chi connectivity index (χ1v) is 6.73. The molecule has 0 aliphatic rings. The number of anilines is 1. The molecule has 1 amide bonds. The lowest BCUT2D eigenvalue weighted by atomic mass is 10.0. The van der Waals surface area contributed by atoms with Gasteiger partial charge in [-0.1, -0.05) is 54.2 Å². The van der Waals surface area contributed by atoms with E-state index in [4.69, 9.17) is 18.0 Å². The summed E-state index contributed by atoms with van der Waals surface area (Å²) >= 11 is 5.54.